The molecule has 1 N–H and O–H groups in total. The Labute approximate surface area is 145 Å². The fourth-order valence-corrected chi connectivity index (χ4v) is 2.57. The number of ether oxygens (including phenoxy) is 3. The standard InChI is InChI=1S/C19H19NO5/c1-12-4-3-5-13(2)18(12)20-17(21)11-25-19(22)14-6-7-15-16(10-14)24-9-8-23-15/h3-7,10H,8-9,11H2,1-2H3,(H,20,21). The molecule has 1 aliphatic heterocycles. The molecule has 0 fully saturated rings. The number of hydrogen-bond acceptors (Lipinski definition) is 5. The van der Waals surface area contributed by atoms with Crippen molar-refractivity contribution < 1.29 is 23.8 Å². The van der Waals surface area contributed by atoms with Crippen molar-refractivity contribution in [2.75, 3.05) is 25.1 Å². The zero-order chi connectivity index (χ0) is 17.8. The number of carbonyl (C=O) groups is 2. The highest BCUT2D eigenvalue weighted by Crippen LogP contribution is 2.30. The largest absolute Gasteiger partial charge is 0.486 e. The van der Waals surface area contributed by atoms with Gasteiger partial charge in [-0.05, 0) is 43.2 Å². The van der Waals surface area contributed by atoms with Crippen LogP contribution in [0.4, 0.5) is 5.69 Å². The molecule has 0 bridgehead atoms. The number of esters is 1. The first-order valence-electron chi connectivity index (χ1n) is 7.97. The van der Waals surface area contributed by atoms with Crippen LogP contribution in [0.1, 0.15) is 21.5 Å². The van der Waals surface area contributed by atoms with Crippen LogP contribution in [0.2, 0.25) is 0 Å². The van der Waals surface area contributed by atoms with E-state index in [0.29, 0.717) is 30.3 Å². The molecular weight excluding hydrogens is 322 g/mol. The number of carbonyl (C=O) groups excluding carboxylic acids is 2. The van der Waals surface area contributed by atoms with Gasteiger partial charge in [0, 0.05) is 5.69 Å². The average molecular weight is 341 g/mol. The molecule has 0 atom stereocenters. The van der Waals surface area contributed by atoms with Crippen molar-refractivity contribution in [3.05, 3.63) is 53.1 Å². The van der Waals surface area contributed by atoms with Crippen LogP contribution in [0.25, 0.3) is 0 Å². The third-order valence-corrected chi connectivity index (χ3v) is 3.86. The maximum Gasteiger partial charge on any atom is 0.338 e. The summed E-state index contributed by atoms with van der Waals surface area (Å²) < 4.78 is 15.9. The van der Waals surface area contributed by atoms with E-state index in [1.807, 2.05) is 32.0 Å². The monoisotopic (exact) mass is 341 g/mol. The molecule has 0 aliphatic carbocycles. The number of hydrogen-bond donors (Lipinski definition) is 1. The van der Waals surface area contributed by atoms with Crippen LogP contribution < -0.4 is 14.8 Å². The van der Waals surface area contributed by atoms with Gasteiger partial charge in [0.15, 0.2) is 18.1 Å². The number of nitrogens with one attached hydrogen (secondary N) is 1. The molecule has 6 nitrogen and oxygen atoms in total. The smallest absolute Gasteiger partial charge is 0.338 e. The maximum atomic E-state index is 12.1. The first-order valence-corrected chi connectivity index (χ1v) is 7.97. The third kappa shape index (κ3) is 3.91. The van der Waals surface area contributed by atoms with E-state index in [1.54, 1.807) is 18.2 Å². The lowest BCUT2D eigenvalue weighted by molar-refractivity contribution is -0.119. The molecule has 2 aromatic rings. The molecule has 0 spiro atoms. The molecule has 2 aromatic carbocycles. The van der Waals surface area contributed by atoms with Gasteiger partial charge < -0.3 is 19.5 Å². The minimum absolute atomic E-state index is 0.309. The van der Waals surface area contributed by atoms with Crippen LogP contribution in [-0.4, -0.2) is 31.7 Å². The Kier molecular flexibility index (Phi) is 4.88. The molecule has 6 heteroatoms. The summed E-state index contributed by atoms with van der Waals surface area (Å²) in [4.78, 5) is 24.2. The lowest BCUT2D eigenvalue weighted by Gasteiger charge is -2.18. The van der Waals surface area contributed by atoms with Gasteiger partial charge in [-0.25, -0.2) is 4.79 Å². The molecular formula is C19H19NO5. The number of para-hydroxylation sites is 1. The number of benzene rings is 2. The van der Waals surface area contributed by atoms with E-state index in [-0.39, 0.29) is 12.5 Å². The van der Waals surface area contributed by atoms with E-state index in [1.165, 1.54) is 0 Å². The lowest BCUT2D eigenvalue weighted by atomic mass is 10.1. The molecule has 1 amide bonds. The van der Waals surface area contributed by atoms with Crippen molar-refractivity contribution in [1.82, 2.24) is 0 Å². The zero-order valence-corrected chi connectivity index (χ0v) is 14.1. The van der Waals surface area contributed by atoms with Crippen LogP contribution >= 0.6 is 0 Å². The van der Waals surface area contributed by atoms with Crippen molar-refractivity contribution in [2.45, 2.75) is 13.8 Å². The maximum absolute atomic E-state index is 12.1. The van der Waals surface area contributed by atoms with Crippen molar-refractivity contribution in [3.63, 3.8) is 0 Å². The fraction of sp³-hybridized carbons (Fsp3) is 0.263. The molecule has 0 radical (unpaired) electrons. The first kappa shape index (κ1) is 16.8. The summed E-state index contributed by atoms with van der Waals surface area (Å²) >= 11 is 0. The minimum atomic E-state index is -0.589. The lowest BCUT2D eigenvalue weighted by Crippen LogP contribution is -2.22. The second-order valence-electron chi connectivity index (χ2n) is 5.75. The molecule has 0 saturated heterocycles. The van der Waals surface area contributed by atoms with Crippen molar-refractivity contribution in [1.29, 1.82) is 0 Å². The van der Waals surface area contributed by atoms with Gasteiger partial charge in [-0.15, -0.1) is 0 Å². The Hall–Kier alpha value is -3.02. The Morgan fingerprint density at radius 1 is 1.04 bits per heavy atom. The van der Waals surface area contributed by atoms with Crippen molar-refractivity contribution in [2.24, 2.45) is 0 Å². The van der Waals surface area contributed by atoms with Gasteiger partial charge in [-0.3, -0.25) is 4.79 Å². The van der Waals surface area contributed by atoms with Crippen LogP contribution in [0.5, 0.6) is 11.5 Å². The van der Waals surface area contributed by atoms with Gasteiger partial charge in [0.2, 0.25) is 0 Å². The van der Waals surface area contributed by atoms with Crippen LogP contribution in [0.15, 0.2) is 36.4 Å². The van der Waals surface area contributed by atoms with E-state index in [0.717, 1.165) is 16.8 Å². The average Bonchev–Trinajstić information content (AvgIpc) is 2.62. The Morgan fingerprint density at radius 3 is 2.44 bits per heavy atom. The Bertz CT molecular complexity index is 795. The number of amides is 1. The van der Waals surface area contributed by atoms with Crippen molar-refractivity contribution in [3.8, 4) is 11.5 Å². The number of fused-ring (bicyclic) bond motifs is 1. The molecule has 0 aromatic heterocycles. The topological polar surface area (TPSA) is 73.9 Å². The summed E-state index contributed by atoms with van der Waals surface area (Å²) in [6.45, 7) is 4.37. The summed E-state index contributed by atoms with van der Waals surface area (Å²) in [6, 6.07) is 10.5. The fourth-order valence-electron chi connectivity index (χ4n) is 2.57. The highest BCUT2D eigenvalue weighted by Gasteiger charge is 2.17. The molecule has 0 saturated carbocycles. The number of anilines is 1. The van der Waals surface area contributed by atoms with Crippen LogP contribution in [0.3, 0.4) is 0 Å². The second-order valence-corrected chi connectivity index (χ2v) is 5.75. The van der Waals surface area contributed by atoms with Crippen molar-refractivity contribution >= 4 is 17.6 Å². The van der Waals surface area contributed by atoms with Gasteiger partial charge in [-0.1, -0.05) is 18.2 Å². The highest BCUT2D eigenvalue weighted by atomic mass is 16.6. The van der Waals surface area contributed by atoms with Gasteiger partial charge in [0.05, 0.1) is 5.56 Å². The van der Waals surface area contributed by atoms with Crippen LogP contribution in [0, 0.1) is 13.8 Å². The molecule has 3 rings (SSSR count). The summed E-state index contributed by atoms with van der Waals surface area (Å²) in [5, 5.41) is 2.77. The number of rotatable bonds is 4. The summed E-state index contributed by atoms with van der Waals surface area (Å²) in [5.41, 5.74) is 2.95. The SMILES string of the molecule is Cc1cccc(C)c1NC(=O)COC(=O)c1ccc2c(c1)OCCO2. The van der Waals surface area contributed by atoms with Gasteiger partial charge in [0.25, 0.3) is 5.91 Å². The summed E-state index contributed by atoms with van der Waals surface area (Å²) in [7, 11) is 0. The third-order valence-electron chi connectivity index (χ3n) is 3.86. The van der Waals surface area contributed by atoms with E-state index in [9.17, 15) is 9.59 Å². The molecule has 25 heavy (non-hydrogen) atoms. The summed E-state index contributed by atoms with van der Waals surface area (Å²) in [6.07, 6.45) is 0. The number of aryl methyl sites for hydroxylation is 2. The Balaban J connectivity index is 1.59. The predicted molar refractivity (Wildman–Crippen MR) is 92.3 cm³/mol. The van der Waals surface area contributed by atoms with Gasteiger partial charge in [0.1, 0.15) is 13.2 Å². The van der Waals surface area contributed by atoms with E-state index < -0.39 is 5.97 Å². The Morgan fingerprint density at radius 2 is 1.72 bits per heavy atom. The molecule has 1 heterocycles. The summed E-state index contributed by atoms with van der Waals surface area (Å²) in [5.74, 6) is 0.119. The van der Waals surface area contributed by atoms with Gasteiger partial charge in [-0.2, -0.15) is 0 Å². The molecule has 0 unspecified atom stereocenters. The van der Waals surface area contributed by atoms with Crippen LogP contribution in [-0.2, 0) is 9.53 Å². The molecule has 1 aliphatic rings. The van der Waals surface area contributed by atoms with E-state index in [4.69, 9.17) is 14.2 Å². The minimum Gasteiger partial charge on any atom is -0.486 e. The first-order chi connectivity index (χ1) is 12.0. The second kappa shape index (κ2) is 7.25. The normalized spacial score (nSPS) is 12.4. The highest BCUT2D eigenvalue weighted by molar-refractivity contribution is 5.96. The van der Waals surface area contributed by atoms with E-state index >= 15 is 0 Å². The van der Waals surface area contributed by atoms with Gasteiger partial charge >= 0.3 is 5.97 Å². The molecule has 130 valence electrons. The quantitative estimate of drug-likeness (QED) is 0.866. The predicted octanol–water partition coefficient (Wildman–Crippen LogP) is 2.87. The zero-order valence-electron chi connectivity index (χ0n) is 14.1. The van der Waals surface area contributed by atoms with E-state index in [2.05, 4.69) is 5.32 Å².